The molecular formula is C62H64Br2N4. The van der Waals surface area contributed by atoms with E-state index in [1.807, 2.05) is 0 Å². The maximum atomic E-state index is 5.68. The Bertz CT molecular complexity index is 3210. The second-order valence-corrected chi connectivity index (χ2v) is 23.8. The van der Waals surface area contributed by atoms with Crippen molar-refractivity contribution >= 4 is 78.2 Å². The van der Waals surface area contributed by atoms with E-state index in [1.165, 1.54) is 38.9 Å². The number of nitrogens with one attached hydrogen (secondary N) is 2. The van der Waals surface area contributed by atoms with Crippen LogP contribution in [0.3, 0.4) is 0 Å². The monoisotopic (exact) mass is 1020 g/mol. The number of halogens is 2. The summed E-state index contributed by atoms with van der Waals surface area (Å²) in [5, 5.41) is 1.38. The van der Waals surface area contributed by atoms with Crippen LogP contribution in [-0.4, -0.2) is 19.9 Å². The Morgan fingerprint density at radius 2 is 0.603 bits per heavy atom. The molecule has 0 aliphatic carbocycles. The number of aromatic amines is 2. The van der Waals surface area contributed by atoms with E-state index in [-0.39, 0.29) is 21.7 Å². The molecule has 0 atom stereocenters. The fraction of sp³-hybridized carbons (Fsp3) is 0.290. The average molecular weight is 1030 g/mol. The second kappa shape index (κ2) is 17.8. The summed E-state index contributed by atoms with van der Waals surface area (Å²) in [5.74, 6) is 0. The van der Waals surface area contributed by atoms with Crippen LogP contribution in [0.1, 0.15) is 139 Å². The van der Waals surface area contributed by atoms with Crippen molar-refractivity contribution in [2.24, 2.45) is 0 Å². The van der Waals surface area contributed by atoms with Crippen molar-refractivity contribution in [2.45, 2.75) is 115 Å². The average Bonchev–Trinajstić information content (AvgIpc) is 4.14. The van der Waals surface area contributed by atoms with Gasteiger partial charge in [-0.15, -0.1) is 0 Å². The zero-order valence-corrected chi connectivity index (χ0v) is 44.9. The predicted molar refractivity (Wildman–Crippen MR) is 301 cm³/mol. The van der Waals surface area contributed by atoms with E-state index in [1.54, 1.807) is 0 Å². The molecule has 2 aliphatic rings. The lowest BCUT2D eigenvalue weighted by atomic mass is 9.82. The SMILES string of the molecule is CC(C)(C)c1ccc(-c2c3nc(c(-c4ccc(C(C)(C)C)cc4)c4ccc([nH]4)c(-c4c(CBr)cc(C(C)(C)C)cc4CBr)c4nc(c(-c5ccc(C(C)(C)C)cc5)c5ccc2[nH]5)C=C4)C=C3)cc1. The molecule has 0 spiro atoms. The fourth-order valence-electron chi connectivity index (χ4n) is 9.52. The van der Waals surface area contributed by atoms with Crippen LogP contribution >= 0.6 is 31.9 Å². The number of rotatable bonds is 6. The summed E-state index contributed by atoms with van der Waals surface area (Å²) in [6, 6.07) is 40.8. The lowest BCUT2D eigenvalue weighted by molar-refractivity contribution is 0.589. The largest absolute Gasteiger partial charge is 0.354 e. The van der Waals surface area contributed by atoms with Crippen molar-refractivity contribution in [2.75, 3.05) is 0 Å². The normalized spacial score (nSPS) is 13.1. The summed E-state index contributed by atoms with van der Waals surface area (Å²) in [5.41, 5.74) is 23.8. The third kappa shape index (κ3) is 9.19. The Hall–Kier alpha value is -5.56. The molecule has 346 valence electrons. The number of aromatic nitrogens is 4. The molecule has 0 fully saturated rings. The zero-order chi connectivity index (χ0) is 48.5. The molecular weight excluding hydrogens is 961 g/mol. The molecule has 0 radical (unpaired) electrons. The molecule has 6 heteroatoms. The van der Waals surface area contributed by atoms with E-state index in [4.69, 9.17) is 9.97 Å². The van der Waals surface area contributed by atoms with Crippen molar-refractivity contribution in [1.29, 1.82) is 0 Å². The summed E-state index contributed by atoms with van der Waals surface area (Å²) in [4.78, 5) is 19.2. The highest BCUT2D eigenvalue weighted by Crippen LogP contribution is 2.43. The van der Waals surface area contributed by atoms with Crippen LogP contribution < -0.4 is 0 Å². The number of hydrogen-bond donors (Lipinski definition) is 2. The minimum absolute atomic E-state index is 0.0154. The Balaban J connectivity index is 1.46. The van der Waals surface area contributed by atoms with Gasteiger partial charge in [-0.25, -0.2) is 9.97 Å². The highest BCUT2D eigenvalue weighted by molar-refractivity contribution is 9.08. The number of H-pyrrole nitrogens is 2. The first kappa shape index (κ1) is 47.5. The molecule has 3 aromatic heterocycles. The first-order chi connectivity index (χ1) is 32.1. The topological polar surface area (TPSA) is 57.4 Å². The van der Waals surface area contributed by atoms with Crippen LogP contribution in [0.5, 0.6) is 0 Å². The first-order valence-electron chi connectivity index (χ1n) is 23.9. The standard InChI is InChI=1S/C62H64Br2N4/c1-59(2,3)42-19-13-37(14-20-42)55-46-25-27-48(65-46)56(38-15-21-43(22-16-38)60(4,5)6)50-29-31-52(67-50)58(54-40(35-63)33-45(62(10,11)12)34-41(54)36-64)53-32-30-51(68-53)57(49-28-26-47(55)66-49)39-17-23-44(24-18-39)61(7,8)9/h13-34,65,68H,35-36H2,1-12H3. The molecule has 4 aromatic carbocycles. The Morgan fingerprint density at radius 1 is 0.338 bits per heavy atom. The van der Waals surface area contributed by atoms with Gasteiger partial charge in [-0.05, 0) is 126 Å². The van der Waals surface area contributed by atoms with Crippen molar-refractivity contribution in [3.63, 3.8) is 0 Å². The van der Waals surface area contributed by atoms with Crippen LogP contribution in [0.4, 0.5) is 0 Å². The van der Waals surface area contributed by atoms with Crippen LogP contribution in [0, 0.1) is 0 Å². The second-order valence-electron chi connectivity index (χ2n) is 22.7. The molecule has 0 amide bonds. The van der Waals surface area contributed by atoms with Crippen molar-refractivity contribution < 1.29 is 0 Å². The zero-order valence-electron chi connectivity index (χ0n) is 41.8. The summed E-state index contributed by atoms with van der Waals surface area (Å²) in [6.07, 6.45) is 8.78. The minimum atomic E-state index is -0.0326. The van der Waals surface area contributed by atoms with E-state index in [2.05, 4.69) is 258 Å². The smallest absolute Gasteiger partial charge is 0.0737 e. The summed E-state index contributed by atoms with van der Waals surface area (Å²) in [7, 11) is 0. The van der Waals surface area contributed by atoms with Gasteiger partial charge in [-0.3, -0.25) is 0 Å². The molecule has 2 N–H and O–H groups in total. The van der Waals surface area contributed by atoms with Crippen LogP contribution in [-0.2, 0) is 32.3 Å². The van der Waals surface area contributed by atoms with Gasteiger partial charge in [0.15, 0.2) is 0 Å². The molecule has 0 unspecified atom stereocenters. The Labute approximate surface area is 420 Å². The minimum Gasteiger partial charge on any atom is -0.354 e. The molecule has 8 bridgehead atoms. The number of nitrogens with zero attached hydrogens (tertiary/aromatic N) is 2. The Kier molecular flexibility index (Phi) is 12.4. The van der Waals surface area contributed by atoms with Crippen LogP contribution in [0.25, 0.3) is 90.9 Å². The molecule has 5 heterocycles. The van der Waals surface area contributed by atoms with Gasteiger partial charge < -0.3 is 9.97 Å². The van der Waals surface area contributed by atoms with Gasteiger partial charge in [0.2, 0.25) is 0 Å². The molecule has 0 saturated heterocycles. The van der Waals surface area contributed by atoms with Gasteiger partial charge in [-0.2, -0.15) is 0 Å². The van der Waals surface area contributed by atoms with Crippen molar-refractivity contribution in [1.82, 2.24) is 19.9 Å². The molecule has 2 aliphatic heterocycles. The summed E-state index contributed by atoms with van der Waals surface area (Å²) < 4.78 is 0. The predicted octanol–water partition coefficient (Wildman–Crippen LogP) is 18.3. The Morgan fingerprint density at radius 3 is 0.868 bits per heavy atom. The molecule has 9 rings (SSSR count). The van der Waals surface area contributed by atoms with Gasteiger partial charge in [0.05, 0.1) is 22.8 Å². The number of benzene rings is 4. The van der Waals surface area contributed by atoms with E-state index in [0.717, 1.165) is 83.8 Å². The summed E-state index contributed by atoms with van der Waals surface area (Å²) in [6.45, 7) is 27.2. The van der Waals surface area contributed by atoms with E-state index < -0.39 is 0 Å². The third-order valence-corrected chi connectivity index (χ3v) is 14.8. The fourth-order valence-corrected chi connectivity index (χ4v) is 10.4. The third-order valence-electron chi connectivity index (χ3n) is 13.6. The highest BCUT2D eigenvalue weighted by Gasteiger charge is 2.25. The van der Waals surface area contributed by atoms with Crippen LogP contribution in [0.2, 0.25) is 0 Å². The molecule has 4 nitrogen and oxygen atoms in total. The van der Waals surface area contributed by atoms with E-state index >= 15 is 0 Å². The molecule has 0 saturated carbocycles. The van der Waals surface area contributed by atoms with Gasteiger partial charge >= 0.3 is 0 Å². The maximum Gasteiger partial charge on any atom is 0.0737 e. The maximum absolute atomic E-state index is 5.68. The van der Waals surface area contributed by atoms with Crippen molar-refractivity contribution in [3.05, 3.63) is 165 Å². The van der Waals surface area contributed by atoms with Gasteiger partial charge in [0.25, 0.3) is 0 Å². The van der Waals surface area contributed by atoms with Crippen LogP contribution in [0.15, 0.2) is 109 Å². The summed E-state index contributed by atoms with van der Waals surface area (Å²) >= 11 is 7.92. The number of fused-ring (bicyclic) bond motifs is 8. The molecule has 68 heavy (non-hydrogen) atoms. The van der Waals surface area contributed by atoms with Gasteiger partial charge in [0, 0.05) is 55.0 Å². The molecule has 7 aromatic rings. The van der Waals surface area contributed by atoms with E-state index in [0.29, 0.717) is 10.7 Å². The lowest BCUT2D eigenvalue weighted by Crippen LogP contribution is -2.13. The van der Waals surface area contributed by atoms with Gasteiger partial charge in [0.1, 0.15) is 0 Å². The van der Waals surface area contributed by atoms with Crippen molar-refractivity contribution in [3.8, 4) is 44.5 Å². The van der Waals surface area contributed by atoms with Gasteiger partial charge in [-0.1, -0.05) is 200 Å². The number of alkyl halides is 2. The van der Waals surface area contributed by atoms with E-state index in [9.17, 15) is 0 Å². The number of hydrogen-bond acceptors (Lipinski definition) is 2. The first-order valence-corrected chi connectivity index (χ1v) is 26.1. The quantitative estimate of drug-likeness (QED) is 0.163. The highest BCUT2D eigenvalue weighted by atomic mass is 79.9. The lowest BCUT2D eigenvalue weighted by Gasteiger charge is -2.24.